The van der Waals surface area contributed by atoms with Gasteiger partial charge in [0.25, 0.3) is 0 Å². The summed E-state index contributed by atoms with van der Waals surface area (Å²) in [7, 11) is -3.13. The Hall–Kier alpha value is -0.460. The van der Waals surface area contributed by atoms with Crippen LogP contribution in [0.1, 0.15) is 46.0 Å². The van der Waals surface area contributed by atoms with E-state index in [9.17, 15) is 13.2 Å². The third-order valence-electron chi connectivity index (χ3n) is 3.52. The molecule has 6 heteroatoms. The van der Waals surface area contributed by atoms with Gasteiger partial charge in [0.2, 0.25) is 10.0 Å². The van der Waals surface area contributed by atoms with E-state index < -0.39 is 10.0 Å². The monoisotopic (exact) mass is 290 g/mol. The molecule has 1 atom stereocenters. The second-order valence-corrected chi connectivity index (χ2v) is 8.34. The molecule has 1 aliphatic rings. The summed E-state index contributed by atoms with van der Waals surface area (Å²) in [6.45, 7) is 4.88. The van der Waals surface area contributed by atoms with E-state index in [-0.39, 0.29) is 17.2 Å². The minimum Gasteiger partial charge on any atom is -0.326 e. The molecule has 0 saturated carbocycles. The zero-order valence-electron chi connectivity index (χ0n) is 12.2. The van der Waals surface area contributed by atoms with Crippen molar-refractivity contribution in [2.24, 2.45) is 11.7 Å². The van der Waals surface area contributed by atoms with Gasteiger partial charge in [-0.3, -0.25) is 4.79 Å². The first-order valence-electron chi connectivity index (χ1n) is 6.83. The van der Waals surface area contributed by atoms with E-state index in [1.165, 1.54) is 10.6 Å². The van der Waals surface area contributed by atoms with Crippen LogP contribution in [0.2, 0.25) is 0 Å². The molecule has 1 fully saturated rings. The number of ketones is 1. The average Bonchev–Trinajstić information content (AvgIpc) is 2.25. The van der Waals surface area contributed by atoms with Crippen LogP contribution in [0, 0.1) is 5.92 Å². The van der Waals surface area contributed by atoms with Gasteiger partial charge in [0.15, 0.2) is 0 Å². The van der Waals surface area contributed by atoms with E-state index in [1.807, 2.05) is 13.8 Å². The third kappa shape index (κ3) is 6.49. The number of piperidine rings is 1. The Morgan fingerprint density at radius 2 is 2.05 bits per heavy atom. The van der Waals surface area contributed by atoms with E-state index in [0.29, 0.717) is 32.4 Å². The first kappa shape index (κ1) is 16.6. The Labute approximate surface area is 116 Å². The second-order valence-electron chi connectivity index (χ2n) is 6.36. The number of nitrogens with two attached hydrogens (primary N) is 1. The minimum atomic E-state index is -3.13. The summed E-state index contributed by atoms with van der Waals surface area (Å²) in [5.74, 6) is 0.357. The first-order valence-corrected chi connectivity index (χ1v) is 8.68. The van der Waals surface area contributed by atoms with Crippen LogP contribution in [0.3, 0.4) is 0 Å². The van der Waals surface area contributed by atoms with E-state index in [2.05, 4.69) is 0 Å². The lowest BCUT2D eigenvalue weighted by atomic mass is 9.90. The summed E-state index contributed by atoms with van der Waals surface area (Å²) in [5, 5.41) is 0. The van der Waals surface area contributed by atoms with E-state index in [4.69, 9.17) is 5.73 Å². The fraction of sp³-hybridized carbons (Fsp3) is 0.923. The van der Waals surface area contributed by atoms with Crippen molar-refractivity contribution in [2.45, 2.75) is 51.5 Å². The van der Waals surface area contributed by atoms with Crippen LogP contribution in [0.15, 0.2) is 0 Å². The maximum Gasteiger partial charge on any atom is 0.211 e. The molecule has 19 heavy (non-hydrogen) atoms. The molecule has 0 aromatic carbocycles. The molecule has 1 unspecified atom stereocenters. The highest BCUT2D eigenvalue weighted by Gasteiger charge is 2.27. The Kier molecular flexibility index (Phi) is 5.53. The van der Waals surface area contributed by atoms with E-state index in [1.54, 1.807) is 0 Å². The largest absolute Gasteiger partial charge is 0.326 e. The number of rotatable bonds is 6. The highest BCUT2D eigenvalue weighted by Crippen LogP contribution is 2.22. The quantitative estimate of drug-likeness (QED) is 0.795. The molecule has 0 bridgehead atoms. The van der Waals surface area contributed by atoms with Gasteiger partial charge in [-0.15, -0.1) is 0 Å². The van der Waals surface area contributed by atoms with Gasteiger partial charge in [-0.25, -0.2) is 12.7 Å². The average molecular weight is 290 g/mol. The molecule has 0 aromatic heterocycles. The lowest BCUT2D eigenvalue weighted by Gasteiger charge is -2.30. The molecule has 0 aliphatic carbocycles. The number of hydrogen-bond acceptors (Lipinski definition) is 4. The summed E-state index contributed by atoms with van der Waals surface area (Å²) in [6.07, 6.45) is 4.64. The maximum absolute atomic E-state index is 11.9. The number of Topliss-reactive ketones (excluding diaryl/α,β-unsaturated/α-hetero) is 1. The minimum absolute atomic E-state index is 0.164. The van der Waals surface area contributed by atoms with Crippen LogP contribution >= 0.6 is 0 Å². The lowest BCUT2D eigenvalue weighted by Crippen LogP contribution is -2.40. The second kappa shape index (κ2) is 6.33. The molecular weight excluding hydrogens is 264 g/mol. The van der Waals surface area contributed by atoms with Gasteiger partial charge in [0, 0.05) is 31.5 Å². The van der Waals surface area contributed by atoms with E-state index >= 15 is 0 Å². The Bertz CT molecular complexity index is 412. The lowest BCUT2D eigenvalue weighted by molar-refractivity contribution is -0.120. The summed E-state index contributed by atoms with van der Waals surface area (Å²) < 4.78 is 24.5. The number of carbonyl (C=O) groups excluding carboxylic acids is 1. The van der Waals surface area contributed by atoms with Crippen molar-refractivity contribution >= 4 is 15.8 Å². The number of nitrogens with zero attached hydrogens (tertiary/aromatic N) is 1. The molecule has 1 aliphatic heterocycles. The summed E-state index contributed by atoms with van der Waals surface area (Å²) in [5.41, 5.74) is 5.54. The van der Waals surface area contributed by atoms with Gasteiger partial charge in [-0.1, -0.05) is 0 Å². The fourth-order valence-electron chi connectivity index (χ4n) is 2.38. The third-order valence-corrected chi connectivity index (χ3v) is 4.78. The molecule has 1 saturated heterocycles. The van der Waals surface area contributed by atoms with Crippen LogP contribution in [0.4, 0.5) is 0 Å². The predicted molar refractivity (Wildman–Crippen MR) is 76.3 cm³/mol. The van der Waals surface area contributed by atoms with Gasteiger partial charge in [-0.2, -0.15) is 0 Å². The topological polar surface area (TPSA) is 80.5 Å². The molecule has 0 amide bonds. The molecule has 5 nitrogen and oxygen atoms in total. The molecule has 1 heterocycles. The maximum atomic E-state index is 11.9. The van der Waals surface area contributed by atoms with Crippen molar-refractivity contribution in [3.8, 4) is 0 Å². The fourth-order valence-corrected chi connectivity index (χ4v) is 3.32. The highest BCUT2D eigenvalue weighted by molar-refractivity contribution is 7.88. The molecule has 0 spiro atoms. The van der Waals surface area contributed by atoms with Crippen molar-refractivity contribution in [2.75, 3.05) is 19.3 Å². The smallest absolute Gasteiger partial charge is 0.211 e. The van der Waals surface area contributed by atoms with Crippen LogP contribution in [0.5, 0.6) is 0 Å². The molecule has 2 N–H and O–H groups in total. The number of carbonyl (C=O) groups is 1. The Morgan fingerprint density at radius 1 is 1.42 bits per heavy atom. The van der Waals surface area contributed by atoms with Crippen molar-refractivity contribution < 1.29 is 13.2 Å². The molecule has 1 rings (SSSR count). The summed E-state index contributed by atoms with van der Waals surface area (Å²) in [6, 6.07) is 0. The zero-order valence-corrected chi connectivity index (χ0v) is 13.0. The molecular formula is C13H26N2O3S. The van der Waals surface area contributed by atoms with Crippen LogP contribution < -0.4 is 5.73 Å². The standard InChI is InChI=1S/C13H26N2O3S/c1-13(2,14)7-6-12(16)9-11-5-4-8-15(10-11)19(3,17)18/h11H,4-10,14H2,1-3H3. The predicted octanol–water partition coefficient (Wildman–Crippen LogP) is 1.13. The van der Waals surface area contributed by atoms with Gasteiger partial charge in [0.1, 0.15) is 5.78 Å². The molecule has 0 aromatic rings. The van der Waals surface area contributed by atoms with Gasteiger partial charge >= 0.3 is 0 Å². The van der Waals surface area contributed by atoms with Gasteiger partial charge in [0.05, 0.1) is 6.26 Å². The Balaban J connectivity index is 2.42. The van der Waals surface area contributed by atoms with Crippen LogP contribution in [0.25, 0.3) is 0 Å². The highest BCUT2D eigenvalue weighted by atomic mass is 32.2. The van der Waals surface area contributed by atoms with Gasteiger partial charge in [-0.05, 0) is 39.0 Å². The van der Waals surface area contributed by atoms with Crippen LogP contribution in [-0.2, 0) is 14.8 Å². The summed E-state index contributed by atoms with van der Waals surface area (Å²) >= 11 is 0. The number of sulfonamides is 1. The molecule has 0 radical (unpaired) electrons. The van der Waals surface area contributed by atoms with Crippen molar-refractivity contribution in [3.05, 3.63) is 0 Å². The SMILES string of the molecule is CC(C)(N)CCC(=O)CC1CCCN(S(C)(=O)=O)C1. The van der Waals surface area contributed by atoms with Gasteiger partial charge < -0.3 is 5.73 Å². The van der Waals surface area contributed by atoms with Crippen LogP contribution in [-0.4, -0.2) is 43.4 Å². The Morgan fingerprint density at radius 3 is 2.58 bits per heavy atom. The first-order chi connectivity index (χ1) is 8.58. The van der Waals surface area contributed by atoms with Crippen molar-refractivity contribution in [3.63, 3.8) is 0 Å². The van der Waals surface area contributed by atoms with Crippen molar-refractivity contribution in [1.82, 2.24) is 4.31 Å². The van der Waals surface area contributed by atoms with E-state index in [0.717, 1.165) is 12.8 Å². The normalized spacial score (nSPS) is 22.4. The summed E-state index contributed by atoms with van der Waals surface area (Å²) in [4.78, 5) is 11.9. The number of hydrogen-bond donors (Lipinski definition) is 1. The van der Waals surface area contributed by atoms with Crippen molar-refractivity contribution in [1.29, 1.82) is 0 Å². The zero-order chi connectivity index (χ0) is 14.7. The molecule has 112 valence electrons.